The Labute approximate surface area is 194 Å². The summed E-state index contributed by atoms with van der Waals surface area (Å²) in [5, 5.41) is 15.6. The minimum absolute atomic E-state index is 0.465. The first-order valence-corrected chi connectivity index (χ1v) is 11.2. The van der Waals surface area contributed by atoms with Crippen LogP contribution in [0.2, 0.25) is 0 Å². The van der Waals surface area contributed by atoms with E-state index in [4.69, 9.17) is 4.74 Å². The largest absolute Gasteiger partial charge is 0.496 e. The minimum Gasteiger partial charge on any atom is -0.496 e. The fraction of sp³-hybridized carbons (Fsp3) is 0.259. The monoisotopic (exact) mass is 443 g/mol. The molecule has 0 bridgehead atoms. The maximum atomic E-state index is 13.2. The molecule has 1 heterocycles. The zero-order chi connectivity index (χ0) is 23.1. The van der Waals surface area contributed by atoms with E-state index < -0.39 is 11.5 Å². The van der Waals surface area contributed by atoms with Gasteiger partial charge in [-0.05, 0) is 42.5 Å². The second kappa shape index (κ2) is 10.3. The van der Waals surface area contributed by atoms with Crippen molar-refractivity contribution in [1.82, 2.24) is 5.43 Å². The molecular formula is C27H29N3O3. The Balaban J connectivity index is 1.54. The van der Waals surface area contributed by atoms with E-state index in [1.807, 2.05) is 30.3 Å². The van der Waals surface area contributed by atoms with Crippen molar-refractivity contribution in [2.24, 2.45) is 5.10 Å². The lowest BCUT2D eigenvalue weighted by Crippen LogP contribution is -2.43. The third-order valence-electron chi connectivity index (χ3n) is 6.02. The Hall–Kier alpha value is -3.64. The summed E-state index contributed by atoms with van der Waals surface area (Å²) in [7, 11) is 1.62. The molecule has 6 nitrogen and oxygen atoms in total. The van der Waals surface area contributed by atoms with E-state index in [2.05, 4.69) is 15.4 Å². The lowest BCUT2D eigenvalue weighted by atomic mass is 9.85. The number of methoxy groups -OCH3 is 1. The minimum atomic E-state index is -1.87. The number of piperidine rings is 1. The molecule has 1 saturated heterocycles. The highest BCUT2D eigenvalue weighted by Crippen LogP contribution is 2.30. The van der Waals surface area contributed by atoms with Gasteiger partial charge < -0.3 is 14.7 Å². The van der Waals surface area contributed by atoms with Crippen LogP contribution in [0.4, 0.5) is 5.69 Å². The Morgan fingerprint density at radius 2 is 1.58 bits per heavy atom. The number of ether oxygens (including phenoxy) is 1. The molecule has 3 aromatic carbocycles. The molecule has 0 spiro atoms. The summed E-state index contributed by atoms with van der Waals surface area (Å²) in [6, 6.07) is 23.7. The van der Waals surface area contributed by atoms with Crippen LogP contribution >= 0.6 is 0 Å². The number of aliphatic hydroxyl groups is 1. The van der Waals surface area contributed by atoms with Crippen molar-refractivity contribution < 1.29 is 14.6 Å². The van der Waals surface area contributed by atoms with Crippen LogP contribution in [0.25, 0.3) is 0 Å². The van der Waals surface area contributed by atoms with Crippen molar-refractivity contribution in [1.29, 1.82) is 0 Å². The van der Waals surface area contributed by atoms with E-state index in [1.165, 1.54) is 25.5 Å². The molecule has 1 aliphatic heterocycles. The Kier molecular flexibility index (Phi) is 7.05. The summed E-state index contributed by atoms with van der Waals surface area (Å²) < 4.78 is 5.56. The van der Waals surface area contributed by atoms with Crippen molar-refractivity contribution in [2.45, 2.75) is 24.9 Å². The molecule has 0 unspecified atom stereocenters. The molecule has 0 aromatic heterocycles. The number of rotatable bonds is 7. The first kappa shape index (κ1) is 22.6. The zero-order valence-electron chi connectivity index (χ0n) is 18.8. The van der Waals surface area contributed by atoms with Crippen LogP contribution in [0.1, 0.15) is 36.0 Å². The second-order valence-electron chi connectivity index (χ2n) is 8.12. The highest BCUT2D eigenvalue weighted by Gasteiger charge is 2.39. The predicted molar refractivity (Wildman–Crippen MR) is 131 cm³/mol. The van der Waals surface area contributed by atoms with Crippen molar-refractivity contribution in [3.63, 3.8) is 0 Å². The van der Waals surface area contributed by atoms with E-state index in [-0.39, 0.29) is 0 Å². The number of nitrogens with zero attached hydrogens (tertiary/aromatic N) is 2. The van der Waals surface area contributed by atoms with E-state index >= 15 is 0 Å². The molecule has 6 heteroatoms. The number of hydrazone groups is 1. The molecule has 0 atom stereocenters. The SMILES string of the molecule is COc1cc(N2CCCCC2)ccc1/C=N\NC(=O)C(O)(c1ccccc1)c1ccccc1. The molecule has 1 amide bonds. The molecule has 1 fully saturated rings. The van der Waals surface area contributed by atoms with E-state index in [1.54, 1.807) is 55.6 Å². The molecule has 0 aliphatic carbocycles. The number of benzene rings is 3. The number of carbonyl (C=O) groups is 1. The summed E-state index contributed by atoms with van der Waals surface area (Å²) in [5.74, 6) is 0.0394. The van der Waals surface area contributed by atoms with Crippen LogP contribution in [0.3, 0.4) is 0 Å². The van der Waals surface area contributed by atoms with Crippen LogP contribution in [0, 0.1) is 0 Å². The maximum Gasteiger partial charge on any atom is 0.281 e. The van der Waals surface area contributed by atoms with Gasteiger partial charge in [-0.1, -0.05) is 60.7 Å². The Bertz CT molecular complexity index is 1050. The highest BCUT2D eigenvalue weighted by atomic mass is 16.5. The van der Waals surface area contributed by atoms with Gasteiger partial charge in [-0.2, -0.15) is 5.10 Å². The van der Waals surface area contributed by atoms with E-state index in [9.17, 15) is 9.90 Å². The first-order valence-electron chi connectivity index (χ1n) is 11.2. The molecular weight excluding hydrogens is 414 g/mol. The lowest BCUT2D eigenvalue weighted by Gasteiger charge is -2.29. The predicted octanol–water partition coefficient (Wildman–Crippen LogP) is 4.07. The summed E-state index contributed by atoms with van der Waals surface area (Å²) >= 11 is 0. The van der Waals surface area contributed by atoms with Crippen molar-refractivity contribution in [3.8, 4) is 5.75 Å². The van der Waals surface area contributed by atoms with Gasteiger partial charge in [0.15, 0.2) is 5.60 Å². The Morgan fingerprint density at radius 3 is 2.15 bits per heavy atom. The van der Waals surface area contributed by atoms with Crippen molar-refractivity contribution in [3.05, 3.63) is 95.6 Å². The standard InChI is InChI=1S/C27H29N3O3/c1-33-25-19-24(30-17-9-4-10-18-30)16-15-21(25)20-28-29-26(31)27(32,22-11-5-2-6-12-22)23-13-7-3-8-14-23/h2-3,5-8,11-16,19-20,32H,4,9-10,17-18H2,1H3,(H,29,31)/b28-20-. The molecule has 3 aromatic rings. The van der Waals surface area contributed by atoms with Crippen molar-refractivity contribution in [2.75, 3.05) is 25.1 Å². The normalized spacial score (nSPS) is 14.3. The second-order valence-corrected chi connectivity index (χ2v) is 8.12. The molecule has 170 valence electrons. The van der Waals surface area contributed by atoms with E-state index in [0.29, 0.717) is 16.9 Å². The maximum absolute atomic E-state index is 13.2. The third-order valence-corrected chi connectivity index (χ3v) is 6.02. The molecule has 0 saturated carbocycles. The number of amides is 1. The third kappa shape index (κ3) is 4.91. The Morgan fingerprint density at radius 1 is 0.970 bits per heavy atom. The van der Waals surface area contributed by atoms with Gasteiger partial charge in [0, 0.05) is 30.4 Å². The van der Waals surface area contributed by atoms with Gasteiger partial charge in [-0.15, -0.1) is 0 Å². The summed E-state index contributed by atoms with van der Waals surface area (Å²) in [6.07, 6.45) is 5.20. The zero-order valence-corrected chi connectivity index (χ0v) is 18.8. The van der Waals surface area contributed by atoms with Gasteiger partial charge in [0.05, 0.1) is 13.3 Å². The number of nitrogens with one attached hydrogen (secondary N) is 1. The number of anilines is 1. The average Bonchev–Trinajstić information content (AvgIpc) is 2.89. The fourth-order valence-corrected chi connectivity index (χ4v) is 4.18. The molecule has 33 heavy (non-hydrogen) atoms. The van der Waals surface area contributed by atoms with Crippen molar-refractivity contribution >= 4 is 17.8 Å². The summed E-state index contributed by atoms with van der Waals surface area (Å²) in [6.45, 7) is 2.09. The fourth-order valence-electron chi connectivity index (χ4n) is 4.18. The molecule has 4 rings (SSSR count). The van der Waals surface area contributed by atoms with Crippen LogP contribution < -0.4 is 15.1 Å². The number of hydrogen-bond donors (Lipinski definition) is 2. The van der Waals surface area contributed by atoms with Gasteiger partial charge in [-0.3, -0.25) is 4.79 Å². The summed E-state index contributed by atoms with van der Waals surface area (Å²) in [5.41, 5.74) is 3.43. The quantitative estimate of drug-likeness (QED) is 0.426. The molecule has 1 aliphatic rings. The molecule has 2 N–H and O–H groups in total. The number of carbonyl (C=O) groups excluding carboxylic acids is 1. The summed E-state index contributed by atoms with van der Waals surface area (Å²) in [4.78, 5) is 15.5. The van der Waals surface area contributed by atoms with Gasteiger partial charge in [0.2, 0.25) is 0 Å². The highest BCUT2D eigenvalue weighted by molar-refractivity contribution is 5.91. The number of hydrogen-bond acceptors (Lipinski definition) is 5. The van der Waals surface area contributed by atoms with Crippen LogP contribution in [-0.2, 0) is 10.4 Å². The topological polar surface area (TPSA) is 74.2 Å². The van der Waals surface area contributed by atoms with Gasteiger partial charge >= 0.3 is 0 Å². The van der Waals surface area contributed by atoms with Gasteiger partial charge in [0.1, 0.15) is 5.75 Å². The lowest BCUT2D eigenvalue weighted by molar-refractivity contribution is -0.136. The average molecular weight is 444 g/mol. The smallest absolute Gasteiger partial charge is 0.281 e. The van der Waals surface area contributed by atoms with Crippen LogP contribution in [0.15, 0.2) is 84.0 Å². The van der Waals surface area contributed by atoms with Crippen LogP contribution in [-0.4, -0.2) is 37.4 Å². The van der Waals surface area contributed by atoms with Gasteiger partial charge in [0.25, 0.3) is 5.91 Å². The van der Waals surface area contributed by atoms with Crippen LogP contribution in [0.5, 0.6) is 5.75 Å². The first-order chi connectivity index (χ1) is 16.1. The molecule has 0 radical (unpaired) electrons. The van der Waals surface area contributed by atoms with Gasteiger partial charge in [-0.25, -0.2) is 5.43 Å². The van der Waals surface area contributed by atoms with E-state index in [0.717, 1.165) is 24.3 Å².